The number of aliphatic hydroxyl groups is 2. The summed E-state index contributed by atoms with van der Waals surface area (Å²) in [4.78, 5) is 12.2. The third kappa shape index (κ3) is 3.08. The molecule has 0 spiro atoms. The molecule has 3 heterocycles. The number of nitrogens with two attached hydrogens (primary N) is 2. The first-order valence-corrected chi connectivity index (χ1v) is 8.47. The number of aromatic nitrogens is 2. The van der Waals surface area contributed by atoms with E-state index in [1.54, 1.807) is 0 Å². The van der Waals surface area contributed by atoms with Crippen LogP contribution in [0.5, 0.6) is 0 Å². The third-order valence-electron chi connectivity index (χ3n) is 4.73. The molecular weight excluding hydrogens is 352 g/mol. The maximum atomic E-state index is 10.5. The minimum absolute atomic E-state index is 0.0968. The summed E-state index contributed by atoms with van der Waals surface area (Å²) < 4.78 is 10.9. The number of nitrogen functional groups attached to an aromatic ring is 1. The van der Waals surface area contributed by atoms with Gasteiger partial charge in [-0.05, 0) is 5.56 Å². The van der Waals surface area contributed by atoms with Crippen LogP contribution >= 0.6 is 0 Å². The van der Waals surface area contributed by atoms with E-state index >= 15 is 0 Å². The molecule has 1 aromatic carbocycles. The lowest BCUT2D eigenvalue weighted by molar-refractivity contribution is -0.0800. The van der Waals surface area contributed by atoms with Gasteiger partial charge in [-0.2, -0.15) is 15.8 Å². The van der Waals surface area contributed by atoms with Crippen LogP contribution in [-0.2, 0) is 16.1 Å². The first-order valence-electron chi connectivity index (χ1n) is 8.47. The zero-order valence-corrected chi connectivity index (χ0v) is 14.4. The van der Waals surface area contributed by atoms with Crippen LogP contribution in [-0.4, -0.2) is 57.7 Å². The van der Waals surface area contributed by atoms with E-state index < -0.39 is 29.1 Å². The lowest BCUT2D eigenvalue weighted by atomic mass is 10.1. The smallest absolute Gasteiger partial charge is 0.287 e. The number of nitrogens with zero attached hydrogens (tertiary/aromatic N) is 4. The molecular formula is C17H21N6O4+. The summed E-state index contributed by atoms with van der Waals surface area (Å²) in [7, 11) is 0. The maximum absolute atomic E-state index is 10.5. The zero-order chi connectivity index (χ0) is 19.0. The summed E-state index contributed by atoms with van der Waals surface area (Å²) in [6, 6.07) is 9.62. The molecule has 1 aromatic heterocycles. The Kier molecular flexibility index (Phi) is 4.60. The molecule has 2 aliphatic rings. The summed E-state index contributed by atoms with van der Waals surface area (Å²) in [6.45, 7) is 0.463. The SMILES string of the molecule is Nc1ncnc2c1N=C[N+]2(N)[C@@H]1O[C@H](COCc2ccccc2)[C@@H](O)[C@H]1O. The molecule has 0 amide bonds. The largest absolute Gasteiger partial charge is 0.387 e. The van der Waals surface area contributed by atoms with Crippen molar-refractivity contribution in [1.29, 1.82) is 0 Å². The Bertz CT molecular complexity index is 851. The van der Waals surface area contributed by atoms with Gasteiger partial charge in [-0.25, -0.2) is 4.98 Å². The Morgan fingerprint density at radius 2 is 1.93 bits per heavy atom. The second-order valence-corrected chi connectivity index (χ2v) is 6.56. The highest BCUT2D eigenvalue weighted by Gasteiger charge is 2.57. The number of quaternary nitrogens is 1. The van der Waals surface area contributed by atoms with Crippen LogP contribution in [0.25, 0.3) is 0 Å². The van der Waals surface area contributed by atoms with E-state index in [-0.39, 0.29) is 12.4 Å². The minimum Gasteiger partial charge on any atom is -0.387 e. The Hall–Kier alpha value is -2.47. The number of aliphatic hydroxyl groups excluding tert-OH is 2. The molecule has 142 valence electrons. The second-order valence-electron chi connectivity index (χ2n) is 6.56. The summed E-state index contributed by atoms with van der Waals surface area (Å²) in [5, 5.41) is 20.9. The van der Waals surface area contributed by atoms with E-state index in [0.717, 1.165) is 5.56 Å². The van der Waals surface area contributed by atoms with E-state index in [2.05, 4.69) is 15.0 Å². The lowest BCUT2D eigenvalue weighted by Gasteiger charge is -2.30. The predicted molar refractivity (Wildman–Crippen MR) is 97.4 cm³/mol. The molecule has 6 N–H and O–H groups in total. The van der Waals surface area contributed by atoms with Gasteiger partial charge in [-0.3, -0.25) is 0 Å². The lowest BCUT2D eigenvalue weighted by Crippen LogP contribution is -2.64. The number of hydrogen-bond donors (Lipinski definition) is 4. The van der Waals surface area contributed by atoms with E-state index in [0.29, 0.717) is 18.1 Å². The standard InChI is InChI=1S/C17H21N6O4/c18-15-12-16(21-8-20-15)23(19,9-22-12)17-14(25)13(24)11(27-17)7-26-6-10-4-2-1-3-5-10/h1-5,8-9,11,13-14,17,24-25H,6-7,19H2,(H2,18,20,21)/q+1/t11-,13-,14-,17-,23?/m1/s1. The Morgan fingerprint density at radius 3 is 2.70 bits per heavy atom. The molecule has 2 aromatic rings. The van der Waals surface area contributed by atoms with Crippen molar-refractivity contribution in [2.45, 2.75) is 31.1 Å². The van der Waals surface area contributed by atoms with Crippen LogP contribution in [0.3, 0.4) is 0 Å². The molecule has 0 saturated carbocycles. The van der Waals surface area contributed by atoms with Crippen LogP contribution in [0, 0.1) is 0 Å². The number of benzene rings is 1. The van der Waals surface area contributed by atoms with Gasteiger partial charge in [0.2, 0.25) is 6.34 Å². The molecule has 1 fully saturated rings. The number of ether oxygens (including phenoxy) is 2. The van der Waals surface area contributed by atoms with Gasteiger partial charge in [-0.1, -0.05) is 30.3 Å². The summed E-state index contributed by atoms with van der Waals surface area (Å²) in [5.74, 6) is 6.86. The molecule has 0 radical (unpaired) electrons. The Labute approximate surface area is 155 Å². The van der Waals surface area contributed by atoms with Crippen molar-refractivity contribution in [2.75, 3.05) is 12.3 Å². The first kappa shape index (κ1) is 17.9. The number of hydrogen-bond acceptors (Lipinski definition) is 9. The second kappa shape index (κ2) is 6.93. The fraction of sp³-hybridized carbons (Fsp3) is 0.353. The van der Waals surface area contributed by atoms with Crippen molar-refractivity contribution >= 4 is 23.7 Å². The Morgan fingerprint density at radius 1 is 1.15 bits per heavy atom. The topological polar surface area (TPSA) is 149 Å². The zero-order valence-electron chi connectivity index (χ0n) is 14.4. The first-order chi connectivity index (χ1) is 13.0. The molecule has 4 rings (SSSR count). The number of anilines is 1. The molecule has 2 aliphatic heterocycles. The fourth-order valence-electron chi connectivity index (χ4n) is 3.27. The highest BCUT2D eigenvalue weighted by Crippen LogP contribution is 2.41. The third-order valence-corrected chi connectivity index (χ3v) is 4.73. The molecule has 0 aliphatic carbocycles. The molecule has 10 heteroatoms. The number of rotatable bonds is 5. The molecule has 5 atom stereocenters. The van der Waals surface area contributed by atoms with Crippen LogP contribution < -0.4 is 16.2 Å². The van der Waals surface area contributed by atoms with Gasteiger partial charge in [-0.15, -0.1) is 4.59 Å². The van der Waals surface area contributed by atoms with Gasteiger partial charge in [0.1, 0.15) is 18.5 Å². The van der Waals surface area contributed by atoms with Crippen LogP contribution in [0.15, 0.2) is 41.7 Å². The normalized spacial score (nSPS) is 32.0. The van der Waals surface area contributed by atoms with E-state index in [1.807, 2.05) is 30.3 Å². The van der Waals surface area contributed by atoms with E-state index in [9.17, 15) is 10.2 Å². The molecule has 1 unspecified atom stereocenters. The molecule has 27 heavy (non-hydrogen) atoms. The number of aliphatic imine (C=N–C) groups is 1. The van der Waals surface area contributed by atoms with Crippen molar-refractivity contribution in [3.05, 3.63) is 42.2 Å². The van der Waals surface area contributed by atoms with E-state index in [4.69, 9.17) is 21.1 Å². The van der Waals surface area contributed by atoms with Crippen molar-refractivity contribution in [1.82, 2.24) is 14.6 Å². The van der Waals surface area contributed by atoms with Crippen molar-refractivity contribution < 1.29 is 19.7 Å². The van der Waals surface area contributed by atoms with Crippen molar-refractivity contribution in [3.8, 4) is 0 Å². The average molecular weight is 373 g/mol. The molecule has 0 bridgehead atoms. The van der Waals surface area contributed by atoms with Crippen molar-refractivity contribution in [2.24, 2.45) is 10.8 Å². The van der Waals surface area contributed by atoms with Gasteiger partial charge in [0.05, 0.1) is 13.2 Å². The van der Waals surface area contributed by atoms with Gasteiger partial charge < -0.3 is 25.4 Å². The van der Waals surface area contributed by atoms with E-state index in [1.165, 1.54) is 12.7 Å². The van der Waals surface area contributed by atoms with Gasteiger partial charge in [0.15, 0.2) is 17.6 Å². The minimum atomic E-state index is -1.26. The maximum Gasteiger partial charge on any atom is 0.287 e. The predicted octanol–water partition coefficient (Wildman–Crippen LogP) is -0.423. The van der Waals surface area contributed by atoms with Gasteiger partial charge in [0.25, 0.3) is 12.0 Å². The van der Waals surface area contributed by atoms with Crippen LogP contribution in [0.4, 0.5) is 17.3 Å². The molecule has 1 saturated heterocycles. The highest BCUT2D eigenvalue weighted by molar-refractivity contribution is 5.90. The fourth-order valence-corrected chi connectivity index (χ4v) is 3.27. The van der Waals surface area contributed by atoms with Crippen LogP contribution in [0.2, 0.25) is 0 Å². The summed E-state index contributed by atoms with van der Waals surface area (Å²) in [5.41, 5.74) is 7.12. The number of fused-ring (bicyclic) bond motifs is 1. The quantitative estimate of drug-likeness (QED) is 0.408. The monoisotopic (exact) mass is 373 g/mol. The average Bonchev–Trinajstić information content (AvgIpc) is 3.17. The summed E-state index contributed by atoms with van der Waals surface area (Å²) >= 11 is 0. The summed E-state index contributed by atoms with van der Waals surface area (Å²) in [6.07, 6.45) is -1.55. The van der Waals surface area contributed by atoms with Gasteiger partial charge in [0, 0.05) is 0 Å². The van der Waals surface area contributed by atoms with Crippen LogP contribution in [0.1, 0.15) is 5.56 Å². The van der Waals surface area contributed by atoms with Crippen molar-refractivity contribution in [3.63, 3.8) is 0 Å². The van der Waals surface area contributed by atoms with Gasteiger partial charge >= 0.3 is 0 Å². The highest BCUT2D eigenvalue weighted by atomic mass is 16.6. The molecule has 10 nitrogen and oxygen atoms in total. The Balaban J connectivity index is 1.46.